The fourth-order valence-corrected chi connectivity index (χ4v) is 3.55. The van der Waals surface area contributed by atoms with Crippen molar-refractivity contribution in [3.05, 3.63) is 54.1 Å². The van der Waals surface area contributed by atoms with E-state index in [0.717, 1.165) is 36.2 Å². The summed E-state index contributed by atoms with van der Waals surface area (Å²) in [5.74, 6) is 0.802. The minimum atomic E-state index is 0.396. The van der Waals surface area contributed by atoms with Gasteiger partial charge < -0.3 is 19.9 Å². The molecule has 0 spiro atoms. The predicted molar refractivity (Wildman–Crippen MR) is 109 cm³/mol. The molecule has 0 radical (unpaired) electrons. The molecule has 0 aliphatic carbocycles. The Morgan fingerprint density at radius 1 is 1.16 bits per heavy atom. The van der Waals surface area contributed by atoms with E-state index in [1.165, 1.54) is 11.3 Å². The molecule has 1 atom stereocenters. The summed E-state index contributed by atoms with van der Waals surface area (Å²) < 4.78 is 5.39. The molecule has 2 aromatic rings. The maximum atomic E-state index is 5.63. The lowest BCUT2D eigenvalue weighted by Gasteiger charge is -2.42. The number of methoxy groups -OCH3 is 1. The molecule has 5 heteroatoms. The fourth-order valence-electron chi connectivity index (χ4n) is 3.27. The molecule has 0 bridgehead atoms. The highest BCUT2D eigenvalue weighted by molar-refractivity contribution is 7.80. The van der Waals surface area contributed by atoms with Crippen LogP contribution < -0.4 is 15.0 Å². The molecule has 3 rings (SSSR count). The minimum absolute atomic E-state index is 0.396. The number of anilines is 2. The van der Waals surface area contributed by atoms with Crippen molar-refractivity contribution in [2.45, 2.75) is 19.9 Å². The average molecular weight is 356 g/mol. The van der Waals surface area contributed by atoms with Gasteiger partial charge in [0.25, 0.3) is 0 Å². The standard InChI is InChI=1S/C20H25N3OS/c1-15-7-6-8-17(13-15)23-12-11-22(14-16(23)2)20(25)21-18-9-4-5-10-19(18)24-3/h4-10,13,16H,11-12,14H2,1-3H3,(H,21,25). The molecule has 1 heterocycles. The highest BCUT2D eigenvalue weighted by atomic mass is 32.1. The summed E-state index contributed by atoms with van der Waals surface area (Å²) >= 11 is 5.63. The van der Waals surface area contributed by atoms with E-state index in [0.29, 0.717) is 6.04 Å². The fraction of sp³-hybridized carbons (Fsp3) is 0.350. The molecule has 1 aliphatic heterocycles. The lowest BCUT2D eigenvalue weighted by atomic mass is 10.1. The van der Waals surface area contributed by atoms with Gasteiger partial charge in [0.1, 0.15) is 5.75 Å². The van der Waals surface area contributed by atoms with Crippen molar-refractivity contribution in [1.82, 2.24) is 4.90 Å². The first kappa shape index (κ1) is 17.5. The second kappa shape index (κ2) is 7.74. The van der Waals surface area contributed by atoms with Crippen LogP contribution >= 0.6 is 12.2 Å². The summed E-state index contributed by atoms with van der Waals surface area (Å²) in [5, 5.41) is 4.08. The maximum Gasteiger partial charge on any atom is 0.173 e. The zero-order valence-corrected chi connectivity index (χ0v) is 15.8. The van der Waals surface area contributed by atoms with E-state index >= 15 is 0 Å². The number of nitrogens with zero attached hydrogens (tertiary/aromatic N) is 2. The molecular weight excluding hydrogens is 330 g/mol. The Kier molecular flexibility index (Phi) is 5.43. The van der Waals surface area contributed by atoms with E-state index in [4.69, 9.17) is 17.0 Å². The number of aryl methyl sites for hydroxylation is 1. The van der Waals surface area contributed by atoms with Crippen molar-refractivity contribution in [2.24, 2.45) is 0 Å². The Balaban J connectivity index is 1.65. The van der Waals surface area contributed by atoms with Gasteiger partial charge in [0, 0.05) is 31.4 Å². The molecule has 0 saturated carbocycles. The van der Waals surface area contributed by atoms with Crippen LogP contribution in [0, 0.1) is 6.92 Å². The first-order chi connectivity index (χ1) is 12.1. The summed E-state index contributed by atoms with van der Waals surface area (Å²) in [7, 11) is 1.67. The van der Waals surface area contributed by atoms with Gasteiger partial charge in [-0.05, 0) is 55.9 Å². The zero-order chi connectivity index (χ0) is 17.8. The van der Waals surface area contributed by atoms with Crippen LogP contribution in [0.1, 0.15) is 12.5 Å². The third-order valence-electron chi connectivity index (χ3n) is 4.60. The van der Waals surface area contributed by atoms with Crippen molar-refractivity contribution < 1.29 is 4.74 Å². The summed E-state index contributed by atoms with van der Waals surface area (Å²) in [6.45, 7) is 7.14. The summed E-state index contributed by atoms with van der Waals surface area (Å²) in [5.41, 5.74) is 3.49. The van der Waals surface area contributed by atoms with Gasteiger partial charge in [0.05, 0.1) is 12.8 Å². The van der Waals surface area contributed by atoms with Crippen LogP contribution in [0.2, 0.25) is 0 Å². The number of benzene rings is 2. The molecule has 4 nitrogen and oxygen atoms in total. The van der Waals surface area contributed by atoms with Crippen molar-refractivity contribution >= 4 is 28.7 Å². The monoisotopic (exact) mass is 355 g/mol. The van der Waals surface area contributed by atoms with Crippen LogP contribution in [0.5, 0.6) is 5.75 Å². The van der Waals surface area contributed by atoms with Crippen molar-refractivity contribution in [3.8, 4) is 5.75 Å². The van der Waals surface area contributed by atoms with Crippen molar-refractivity contribution in [2.75, 3.05) is 37.0 Å². The molecule has 0 amide bonds. The van der Waals surface area contributed by atoms with E-state index in [2.05, 4.69) is 53.2 Å². The van der Waals surface area contributed by atoms with Gasteiger partial charge in [-0.25, -0.2) is 0 Å². The molecule has 1 saturated heterocycles. The molecule has 132 valence electrons. The molecule has 2 aromatic carbocycles. The van der Waals surface area contributed by atoms with Crippen LogP contribution in [-0.4, -0.2) is 42.8 Å². The van der Waals surface area contributed by atoms with Gasteiger partial charge in [-0.1, -0.05) is 24.3 Å². The van der Waals surface area contributed by atoms with E-state index in [9.17, 15) is 0 Å². The van der Waals surface area contributed by atoms with Gasteiger partial charge in [-0.15, -0.1) is 0 Å². The summed E-state index contributed by atoms with van der Waals surface area (Å²) in [6, 6.07) is 16.9. The first-order valence-electron chi connectivity index (χ1n) is 8.60. The predicted octanol–water partition coefficient (Wildman–Crippen LogP) is 3.91. The summed E-state index contributed by atoms with van der Waals surface area (Å²) in [6.07, 6.45) is 0. The second-order valence-electron chi connectivity index (χ2n) is 6.46. The molecule has 1 fully saturated rings. The second-order valence-corrected chi connectivity index (χ2v) is 6.84. The molecule has 0 aromatic heterocycles. The SMILES string of the molecule is COc1ccccc1NC(=S)N1CCN(c2cccc(C)c2)C(C)C1. The van der Waals surface area contributed by atoms with Crippen LogP contribution in [0.4, 0.5) is 11.4 Å². The third kappa shape index (κ3) is 4.04. The highest BCUT2D eigenvalue weighted by Gasteiger charge is 2.25. The number of nitrogens with one attached hydrogen (secondary N) is 1. The van der Waals surface area contributed by atoms with Gasteiger partial charge in [0.15, 0.2) is 5.11 Å². The smallest absolute Gasteiger partial charge is 0.173 e. The third-order valence-corrected chi connectivity index (χ3v) is 4.96. The first-order valence-corrected chi connectivity index (χ1v) is 9.01. The highest BCUT2D eigenvalue weighted by Crippen LogP contribution is 2.25. The average Bonchev–Trinajstić information content (AvgIpc) is 2.62. The number of rotatable bonds is 3. The number of para-hydroxylation sites is 2. The molecule has 1 aliphatic rings. The Hall–Kier alpha value is -2.27. The van der Waals surface area contributed by atoms with Crippen molar-refractivity contribution in [1.29, 1.82) is 0 Å². The molecule has 1 N–H and O–H groups in total. The maximum absolute atomic E-state index is 5.63. The zero-order valence-electron chi connectivity index (χ0n) is 15.0. The Morgan fingerprint density at radius 3 is 2.68 bits per heavy atom. The number of piperazine rings is 1. The van der Waals surface area contributed by atoms with Crippen LogP contribution in [0.3, 0.4) is 0 Å². The number of hydrogen-bond donors (Lipinski definition) is 1. The summed E-state index contributed by atoms with van der Waals surface area (Å²) in [4.78, 5) is 4.69. The van der Waals surface area contributed by atoms with Gasteiger partial charge in [-0.3, -0.25) is 0 Å². The topological polar surface area (TPSA) is 27.7 Å². The number of hydrogen-bond acceptors (Lipinski definition) is 3. The van der Waals surface area contributed by atoms with E-state index in [1.807, 2.05) is 24.3 Å². The van der Waals surface area contributed by atoms with Gasteiger partial charge >= 0.3 is 0 Å². The minimum Gasteiger partial charge on any atom is -0.495 e. The number of ether oxygens (including phenoxy) is 1. The van der Waals surface area contributed by atoms with E-state index in [1.54, 1.807) is 7.11 Å². The largest absolute Gasteiger partial charge is 0.495 e. The van der Waals surface area contributed by atoms with Crippen LogP contribution in [0.15, 0.2) is 48.5 Å². The van der Waals surface area contributed by atoms with E-state index < -0.39 is 0 Å². The number of thiocarbonyl (C=S) groups is 1. The van der Waals surface area contributed by atoms with Crippen molar-refractivity contribution in [3.63, 3.8) is 0 Å². The normalized spacial score (nSPS) is 17.3. The van der Waals surface area contributed by atoms with Gasteiger partial charge in [-0.2, -0.15) is 0 Å². The van der Waals surface area contributed by atoms with Gasteiger partial charge in [0.2, 0.25) is 0 Å². The lowest BCUT2D eigenvalue weighted by molar-refractivity contribution is 0.342. The molecule has 25 heavy (non-hydrogen) atoms. The van der Waals surface area contributed by atoms with Crippen LogP contribution in [0.25, 0.3) is 0 Å². The lowest BCUT2D eigenvalue weighted by Crippen LogP contribution is -2.54. The Morgan fingerprint density at radius 2 is 1.96 bits per heavy atom. The quantitative estimate of drug-likeness (QED) is 0.843. The molecular formula is C20H25N3OS. The van der Waals surface area contributed by atoms with E-state index in [-0.39, 0.29) is 0 Å². The Labute approximate surface area is 155 Å². The Bertz CT molecular complexity index is 749. The van der Waals surface area contributed by atoms with Crippen LogP contribution in [-0.2, 0) is 0 Å². The molecule has 1 unspecified atom stereocenters.